The average Bonchev–Trinajstić information content (AvgIpc) is 2.25. The Morgan fingerprint density at radius 2 is 1.75 bits per heavy atom. The molecule has 0 aliphatic heterocycles. The van der Waals surface area contributed by atoms with Gasteiger partial charge < -0.3 is 10.2 Å². The van der Waals surface area contributed by atoms with E-state index in [-0.39, 0.29) is 24.0 Å². The smallest absolute Gasteiger partial charge is 0.193 e. The maximum atomic E-state index is 4.59. The Balaban J connectivity index is 0. The van der Waals surface area contributed by atoms with Crippen LogP contribution in [0.2, 0.25) is 0 Å². The van der Waals surface area contributed by atoms with Crippen LogP contribution in [0.4, 0.5) is 0 Å². The van der Waals surface area contributed by atoms with Gasteiger partial charge in [-0.2, -0.15) is 0 Å². The average molecular weight is 341 g/mol. The van der Waals surface area contributed by atoms with Crippen molar-refractivity contribution < 1.29 is 0 Å². The lowest BCUT2D eigenvalue weighted by Crippen LogP contribution is -2.39. The zero-order valence-corrected chi connectivity index (χ0v) is 13.6. The van der Waals surface area contributed by atoms with Crippen molar-refractivity contribution in [2.75, 3.05) is 26.7 Å². The highest BCUT2D eigenvalue weighted by Gasteiger charge is 2.03. The number of hydrogen-bond acceptors (Lipinski definition) is 1. The molecule has 0 aromatic rings. The normalized spacial score (nSPS) is 10.9. The Bertz CT molecular complexity index is 172. The number of hydrogen-bond donors (Lipinski definition) is 1. The minimum Gasteiger partial charge on any atom is -0.357 e. The fraction of sp³-hybridized carbons (Fsp3) is 0.917. The van der Waals surface area contributed by atoms with Gasteiger partial charge in [0.25, 0.3) is 0 Å². The van der Waals surface area contributed by atoms with Crippen LogP contribution in [-0.4, -0.2) is 37.5 Å². The molecule has 0 fully saturated rings. The minimum atomic E-state index is 0. The number of halogens is 1. The molecule has 0 saturated carbocycles. The summed E-state index contributed by atoms with van der Waals surface area (Å²) in [5.41, 5.74) is 0. The van der Waals surface area contributed by atoms with E-state index in [2.05, 4.69) is 43.0 Å². The molecular weight excluding hydrogens is 313 g/mol. The summed E-state index contributed by atoms with van der Waals surface area (Å²) in [7, 11) is 2.11. The van der Waals surface area contributed by atoms with Gasteiger partial charge in [0.1, 0.15) is 0 Å². The van der Waals surface area contributed by atoms with Crippen molar-refractivity contribution in [1.29, 1.82) is 0 Å². The second-order valence-corrected chi connectivity index (χ2v) is 3.86. The van der Waals surface area contributed by atoms with Crippen molar-refractivity contribution in [3.05, 3.63) is 0 Å². The highest BCUT2D eigenvalue weighted by atomic mass is 127. The number of rotatable bonds is 7. The van der Waals surface area contributed by atoms with E-state index in [1.807, 2.05) is 0 Å². The molecule has 0 amide bonds. The van der Waals surface area contributed by atoms with Gasteiger partial charge in [-0.15, -0.1) is 24.0 Å². The lowest BCUT2D eigenvalue weighted by molar-refractivity contribution is 0.464. The number of nitrogens with one attached hydrogen (secondary N) is 1. The van der Waals surface area contributed by atoms with Crippen LogP contribution in [0.15, 0.2) is 4.99 Å². The van der Waals surface area contributed by atoms with Crippen LogP contribution in [0.1, 0.15) is 46.5 Å². The molecule has 0 radical (unpaired) electrons. The molecule has 98 valence electrons. The molecular formula is C12H28IN3. The van der Waals surface area contributed by atoms with Crippen LogP contribution in [0.5, 0.6) is 0 Å². The van der Waals surface area contributed by atoms with E-state index in [1.165, 1.54) is 25.7 Å². The highest BCUT2D eigenvalue weighted by molar-refractivity contribution is 14.0. The predicted octanol–water partition coefficient (Wildman–Crippen LogP) is 3.10. The lowest BCUT2D eigenvalue weighted by atomic mass is 10.3. The van der Waals surface area contributed by atoms with Crippen LogP contribution >= 0.6 is 24.0 Å². The molecule has 0 unspecified atom stereocenters. The first-order valence-corrected chi connectivity index (χ1v) is 6.25. The molecule has 0 heterocycles. The molecule has 0 spiro atoms. The molecule has 3 nitrogen and oxygen atoms in total. The Kier molecular flexibility index (Phi) is 15.0. The first-order chi connectivity index (χ1) is 7.26. The van der Waals surface area contributed by atoms with E-state index in [4.69, 9.17) is 0 Å². The van der Waals surface area contributed by atoms with Crippen molar-refractivity contribution in [1.82, 2.24) is 10.2 Å². The third kappa shape index (κ3) is 9.24. The summed E-state index contributed by atoms with van der Waals surface area (Å²) in [5.74, 6) is 1.06. The molecule has 16 heavy (non-hydrogen) atoms. The van der Waals surface area contributed by atoms with E-state index in [0.29, 0.717) is 0 Å². The van der Waals surface area contributed by atoms with Gasteiger partial charge in [-0.25, -0.2) is 0 Å². The predicted molar refractivity (Wildman–Crippen MR) is 83.8 cm³/mol. The monoisotopic (exact) mass is 341 g/mol. The van der Waals surface area contributed by atoms with Crippen LogP contribution < -0.4 is 5.32 Å². The SMILES string of the molecule is CCCCN=C(NCC)N(C)CCCC.I. The van der Waals surface area contributed by atoms with E-state index < -0.39 is 0 Å². The zero-order chi connectivity index (χ0) is 11.5. The summed E-state index contributed by atoms with van der Waals surface area (Å²) in [6.07, 6.45) is 4.85. The van der Waals surface area contributed by atoms with Crippen molar-refractivity contribution >= 4 is 29.9 Å². The van der Waals surface area contributed by atoms with Crippen molar-refractivity contribution in [3.63, 3.8) is 0 Å². The standard InChI is InChI=1S/C12H27N3.HI/c1-5-8-10-14-12(13-7-3)15(4)11-9-6-2;/h5-11H2,1-4H3,(H,13,14);1H. The van der Waals surface area contributed by atoms with E-state index in [9.17, 15) is 0 Å². The molecule has 0 aromatic heterocycles. The Labute approximate surface area is 118 Å². The quantitative estimate of drug-likeness (QED) is 0.334. The maximum absolute atomic E-state index is 4.59. The highest BCUT2D eigenvalue weighted by Crippen LogP contribution is 1.94. The largest absolute Gasteiger partial charge is 0.357 e. The summed E-state index contributed by atoms with van der Waals surface area (Å²) < 4.78 is 0. The summed E-state index contributed by atoms with van der Waals surface area (Å²) in [6, 6.07) is 0. The van der Waals surface area contributed by atoms with Crippen LogP contribution in [-0.2, 0) is 0 Å². The molecule has 1 N–H and O–H groups in total. The van der Waals surface area contributed by atoms with E-state index in [1.54, 1.807) is 0 Å². The first kappa shape index (κ1) is 18.4. The van der Waals surface area contributed by atoms with Gasteiger partial charge in [-0.05, 0) is 19.8 Å². The zero-order valence-electron chi connectivity index (χ0n) is 11.3. The molecule has 0 aliphatic carbocycles. The lowest BCUT2D eigenvalue weighted by Gasteiger charge is -2.21. The van der Waals surface area contributed by atoms with Gasteiger partial charge in [0.2, 0.25) is 0 Å². The number of unbranched alkanes of at least 4 members (excludes halogenated alkanes) is 2. The second-order valence-electron chi connectivity index (χ2n) is 3.86. The summed E-state index contributed by atoms with van der Waals surface area (Å²) in [5, 5.41) is 3.33. The van der Waals surface area contributed by atoms with Crippen molar-refractivity contribution in [2.24, 2.45) is 4.99 Å². The number of guanidine groups is 1. The Hall–Kier alpha value is 0. The van der Waals surface area contributed by atoms with E-state index in [0.717, 1.165) is 25.6 Å². The number of aliphatic imine (C=N–C) groups is 1. The summed E-state index contributed by atoms with van der Waals surface area (Å²) in [6.45, 7) is 9.51. The maximum Gasteiger partial charge on any atom is 0.193 e. The van der Waals surface area contributed by atoms with Gasteiger partial charge in [-0.3, -0.25) is 4.99 Å². The van der Waals surface area contributed by atoms with Crippen molar-refractivity contribution in [3.8, 4) is 0 Å². The Morgan fingerprint density at radius 3 is 2.25 bits per heavy atom. The molecule has 0 atom stereocenters. The van der Waals surface area contributed by atoms with Crippen LogP contribution in [0, 0.1) is 0 Å². The first-order valence-electron chi connectivity index (χ1n) is 6.25. The second kappa shape index (κ2) is 13.1. The molecule has 0 saturated heterocycles. The van der Waals surface area contributed by atoms with Gasteiger partial charge >= 0.3 is 0 Å². The van der Waals surface area contributed by atoms with E-state index >= 15 is 0 Å². The van der Waals surface area contributed by atoms with Gasteiger partial charge in [-0.1, -0.05) is 26.7 Å². The fourth-order valence-corrected chi connectivity index (χ4v) is 1.31. The number of nitrogens with zero attached hydrogens (tertiary/aromatic N) is 2. The molecule has 4 heteroatoms. The topological polar surface area (TPSA) is 27.6 Å². The van der Waals surface area contributed by atoms with Gasteiger partial charge in [0, 0.05) is 26.7 Å². The molecule has 0 rings (SSSR count). The molecule has 0 bridgehead atoms. The third-order valence-electron chi connectivity index (χ3n) is 2.32. The molecule has 0 aliphatic rings. The van der Waals surface area contributed by atoms with Gasteiger partial charge in [0.15, 0.2) is 5.96 Å². The minimum absolute atomic E-state index is 0. The van der Waals surface area contributed by atoms with Gasteiger partial charge in [0.05, 0.1) is 0 Å². The van der Waals surface area contributed by atoms with Crippen LogP contribution in [0.3, 0.4) is 0 Å². The fourth-order valence-electron chi connectivity index (χ4n) is 1.31. The van der Waals surface area contributed by atoms with Crippen molar-refractivity contribution in [2.45, 2.75) is 46.5 Å². The third-order valence-corrected chi connectivity index (χ3v) is 2.32. The Morgan fingerprint density at radius 1 is 1.12 bits per heavy atom. The summed E-state index contributed by atoms with van der Waals surface area (Å²) >= 11 is 0. The molecule has 0 aromatic carbocycles. The summed E-state index contributed by atoms with van der Waals surface area (Å²) in [4.78, 5) is 6.81. The van der Waals surface area contributed by atoms with Crippen LogP contribution in [0.25, 0.3) is 0 Å².